The van der Waals surface area contributed by atoms with Gasteiger partial charge >= 0.3 is 12.3 Å². The van der Waals surface area contributed by atoms with Crippen molar-refractivity contribution in [3.05, 3.63) is 63.7 Å². The summed E-state index contributed by atoms with van der Waals surface area (Å²) in [4.78, 5) is 14.3. The van der Waals surface area contributed by atoms with E-state index in [4.69, 9.17) is 15.0 Å². The van der Waals surface area contributed by atoms with E-state index in [1.165, 1.54) is 66.2 Å². The van der Waals surface area contributed by atoms with Crippen LogP contribution in [0.15, 0.2) is 30.3 Å². The van der Waals surface area contributed by atoms with E-state index in [0.717, 1.165) is 50.0 Å². The third-order valence-corrected chi connectivity index (χ3v) is 8.43. The smallest absolute Gasteiger partial charge is 0.450 e. The summed E-state index contributed by atoms with van der Waals surface area (Å²) in [7, 11) is 1.67. The van der Waals surface area contributed by atoms with Crippen molar-refractivity contribution >= 4 is 30.2 Å². The predicted molar refractivity (Wildman–Crippen MR) is 170 cm³/mol. The third kappa shape index (κ3) is 9.97. The highest BCUT2D eigenvalue weighted by atomic mass is 35.5. The molecule has 14 heteroatoms. The number of benzene rings is 2. The summed E-state index contributed by atoms with van der Waals surface area (Å²) in [5.41, 5.74) is 4.56. The Morgan fingerprint density at radius 2 is 1.65 bits per heavy atom. The molecule has 250 valence electrons. The molecule has 0 bridgehead atoms. The van der Waals surface area contributed by atoms with Crippen LogP contribution in [0.1, 0.15) is 85.3 Å². The summed E-state index contributed by atoms with van der Waals surface area (Å²) in [5.74, 6) is 1.00. The topological polar surface area (TPSA) is 131 Å². The van der Waals surface area contributed by atoms with Crippen LogP contribution in [-0.2, 0) is 39.2 Å². The number of hydrogen-bond acceptors (Lipinski definition) is 7. The molecule has 0 unspecified atom stereocenters. The minimum atomic E-state index is -4.55. The Morgan fingerprint density at radius 3 is 2.22 bits per heavy atom. The fourth-order valence-electron chi connectivity index (χ4n) is 6.36. The molecule has 2 aromatic carbocycles. The van der Waals surface area contributed by atoms with Crippen molar-refractivity contribution in [2.24, 2.45) is 13.0 Å². The normalized spacial score (nSPS) is 14.6. The zero-order chi connectivity index (χ0) is 32.6. The number of hydrogen-bond donors (Lipinski definition) is 2. The number of nitrogens with zero attached hydrogens (tertiary/aromatic N) is 7. The van der Waals surface area contributed by atoms with Crippen molar-refractivity contribution in [1.82, 2.24) is 20.2 Å². The molecular formula is C32H41ClF3N7O3. The molecule has 2 aliphatic rings. The second-order valence-corrected chi connectivity index (χ2v) is 11.7. The molecule has 0 radical (unpaired) electrons. The molecule has 3 aromatic rings. The van der Waals surface area contributed by atoms with Crippen LogP contribution in [0.4, 0.5) is 29.6 Å². The molecule has 0 saturated heterocycles. The van der Waals surface area contributed by atoms with Crippen LogP contribution in [0, 0.1) is 17.2 Å². The number of rotatable bonds is 9. The number of aryl methyl sites for hydroxylation is 3. The molecule has 10 nitrogen and oxygen atoms in total. The summed E-state index contributed by atoms with van der Waals surface area (Å²) < 4.78 is 41.0. The number of nitriles is 1. The van der Waals surface area contributed by atoms with Gasteiger partial charge in [0.25, 0.3) is 5.95 Å². The van der Waals surface area contributed by atoms with E-state index >= 15 is 0 Å². The number of fused-ring (bicyclic) bond motifs is 1. The Hall–Kier alpha value is -4.05. The summed E-state index contributed by atoms with van der Waals surface area (Å²) in [6.45, 7) is 4.60. The number of anilines is 2. The molecule has 46 heavy (non-hydrogen) atoms. The minimum absolute atomic E-state index is 0. The second kappa shape index (κ2) is 16.5. The number of aromatic nitrogens is 4. The van der Waals surface area contributed by atoms with Gasteiger partial charge < -0.3 is 20.0 Å². The van der Waals surface area contributed by atoms with Crippen LogP contribution in [0.25, 0.3) is 0 Å². The average molecular weight is 664 g/mol. The lowest BCUT2D eigenvalue weighted by atomic mass is 9.87. The lowest BCUT2D eigenvalue weighted by Gasteiger charge is -2.34. The Labute approximate surface area is 273 Å². The minimum Gasteiger partial charge on any atom is -0.450 e. The Morgan fingerprint density at radius 1 is 1.00 bits per heavy atom. The number of tetrazole rings is 1. The molecule has 2 N–H and O–H groups in total. The number of alkyl halides is 3. The molecule has 2 aliphatic carbocycles. The number of halogens is 4. The Bertz CT molecular complexity index is 1500. The number of carboxylic acid groups (broad SMARTS) is 2. The van der Waals surface area contributed by atoms with E-state index in [1.807, 2.05) is 11.0 Å². The first-order chi connectivity index (χ1) is 21.5. The molecule has 0 amide bonds. The monoisotopic (exact) mass is 663 g/mol. The van der Waals surface area contributed by atoms with E-state index in [-0.39, 0.29) is 24.5 Å². The first-order valence-electron chi connectivity index (χ1n) is 15.4. The van der Waals surface area contributed by atoms with E-state index < -0.39 is 17.9 Å². The van der Waals surface area contributed by atoms with Gasteiger partial charge in [-0.3, -0.25) is 0 Å². The van der Waals surface area contributed by atoms with Gasteiger partial charge in [-0.25, -0.2) is 4.79 Å². The van der Waals surface area contributed by atoms with Crippen molar-refractivity contribution < 1.29 is 28.2 Å². The van der Waals surface area contributed by atoms with Crippen LogP contribution in [-0.4, -0.2) is 49.7 Å². The van der Waals surface area contributed by atoms with Gasteiger partial charge in [-0.15, -0.1) is 17.5 Å². The molecule has 1 saturated carbocycles. The van der Waals surface area contributed by atoms with E-state index in [2.05, 4.69) is 39.4 Å². The highest BCUT2D eigenvalue weighted by Gasteiger charge is 2.32. The zero-order valence-electron chi connectivity index (χ0n) is 26.1. The summed E-state index contributed by atoms with van der Waals surface area (Å²) in [6, 6.07) is 10.0. The summed E-state index contributed by atoms with van der Waals surface area (Å²) >= 11 is 0. The molecule has 0 aliphatic heterocycles. The predicted octanol–water partition coefficient (Wildman–Crippen LogP) is 7.24. The maximum atomic E-state index is 13.7. The van der Waals surface area contributed by atoms with Gasteiger partial charge in [-0.2, -0.15) is 23.2 Å². The quantitative estimate of drug-likeness (QED) is 0.243. The Kier molecular flexibility index (Phi) is 13.1. The van der Waals surface area contributed by atoms with Crippen molar-refractivity contribution in [2.75, 3.05) is 22.9 Å². The molecule has 1 heterocycles. The van der Waals surface area contributed by atoms with Crippen molar-refractivity contribution in [3.8, 4) is 6.07 Å². The summed E-state index contributed by atoms with van der Waals surface area (Å²) in [6.07, 6.45) is 4.45. The van der Waals surface area contributed by atoms with Gasteiger partial charge in [0.15, 0.2) is 0 Å². The van der Waals surface area contributed by atoms with E-state index in [0.29, 0.717) is 24.0 Å². The Balaban J connectivity index is 0.00000109. The SMILES string of the molecule is CCN(CC1CCCCC1)c1cc2c(cc1CN(Cc1cc(C#N)cc(C(F)(F)F)c1)c1nnn(C)n1)CCCC2.Cl.O=C(O)O. The average Bonchev–Trinajstić information content (AvgIpc) is 3.45. The molecule has 0 atom stereocenters. The van der Waals surface area contributed by atoms with Gasteiger partial charge in [0.2, 0.25) is 0 Å². The molecule has 0 spiro atoms. The van der Waals surface area contributed by atoms with Crippen molar-refractivity contribution in [2.45, 2.75) is 84.0 Å². The maximum absolute atomic E-state index is 13.7. The molecular weight excluding hydrogens is 623 g/mol. The van der Waals surface area contributed by atoms with Crippen LogP contribution in [0.5, 0.6) is 0 Å². The van der Waals surface area contributed by atoms with Crippen LogP contribution >= 0.6 is 12.4 Å². The highest BCUT2D eigenvalue weighted by molar-refractivity contribution is 5.85. The highest BCUT2D eigenvalue weighted by Crippen LogP contribution is 2.35. The fraction of sp³-hybridized carbons (Fsp3) is 0.531. The first kappa shape index (κ1) is 36.4. The van der Waals surface area contributed by atoms with E-state index in [9.17, 15) is 18.4 Å². The van der Waals surface area contributed by atoms with Gasteiger partial charge in [0.1, 0.15) is 0 Å². The lowest BCUT2D eigenvalue weighted by molar-refractivity contribution is -0.137. The molecule has 1 aromatic heterocycles. The number of carbonyl (C=O) groups is 1. The third-order valence-electron chi connectivity index (χ3n) is 8.43. The van der Waals surface area contributed by atoms with Gasteiger partial charge in [0, 0.05) is 31.9 Å². The second-order valence-electron chi connectivity index (χ2n) is 11.7. The fourth-order valence-corrected chi connectivity index (χ4v) is 6.36. The molecule has 5 rings (SSSR count). The lowest BCUT2D eigenvalue weighted by Crippen LogP contribution is -2.33. The van der Waals surface area contributed by atoms with Crippen LogP contribution in [0.2, 0.25) is 0 Å². The van der Waals surface area contributed by atoms with E-state index in [1.54, 1.807) is 7.05 Å². The van der Waals surface area contributed by atoms with Crippen LogP contribution in [0.3, 0.4) is 0 Å². The molecule has 1 fully saturated rings. The van der Waals surface area contributed by atoms with Crippen molar-refractivity contribution in [3.63, 3.8) is 0 Å². The van der Waals surface area contributed by atoms with Gasteiger partial charge in [0.05, 0.1) is 24.2 Å². The van der Waals surface area contributed by atoms with Crippen LogP contribution < -0.4 is 9.80 Å². The summed E-state index contributed by atoms with van der Waals surface area (Å²) in [5, 5.41) is 36.0. The van der Waals surface area contributed by atoms with Crippen molar-refractivity contribution in [1.29, 1.82) is 5.26 Å². The van der Waals surface area contributed by atoms with Gasteiger partial charge in [-0.1, -0.05) is 30.4 Å². The first-order valence-corrected chi connectivity index (χ1v) is 15.4. The van der Waals surface area contributed by atoms with Gasteiger partial charge in [-0.05, 0) is 103 Å². The zero-order valence-corrected chi connectivity index (χ0v) is 26.9. The standard InChI is InChI=1S/C31H38F3N7.CH2O3.ClH/c1-3-40(19-22-9-5-4-6-10-22)29-17-26-12-8-7-11-25(26)16-27(29)21-41(30-36-38-39(2)37-30)20-24-13-23(18-35)14-28(15-24)31(32,33)34;2-1(3)4;/h13-17,22H,3-12,19-21H2,1-2H3;(H2,2,3,4);1H. The largest absolute Gasteiger partial charge is 0.503 e. The maximum Gasteiger partial charge on any atom is 0.503 e.